The fourth-order valence-corrected chi connectivity index (χ4v) is 2.30. The van der Waals surface area contributed by atoms with Crippen LogP contribution in [0.25, 0.3) is 10.4 Å². The number of esters is 1. The van der Waals surface area contributed by atoms with Crippen molar-refractivity contribution >= 4 is 11.9 Å². The van der Waals surface area contributed by atoms with Gasteiger partial charge < -0.3 is 9.64 Å². The Hall–Kier alpha value is -2.01. The Kier molecular flexibility index (Phi) is 3.24. The molecule has 0 unspecified atom stereocenters. The van der Waals surface area contributed by atoms with Crippen LogP contribution < -0.4 is 0 Å². The van der Waals surface area contributed by atoms with E-state index >= 15 is 0 Å². The summed E-state index contributed by atoms with van der Waals surface area (Å²) in [4.78, 5) is 28.0. The Balaban J connectivity index is 2.16. The topological polar surface area (TPSA) is 95.4 Å². The number of rotatable bonds is 2. The third-order valence-corrected chi connectivity index (χ3v) is 3.03. The second kappa shape index (κ2) is 4.59. The van der Waals surface area contributed by atoms with E-state index in [4.69, 9.17) is 10.3 Å². The summed E-state index contributed by atoms with van der Waals surface area (Å²) in [5, 5.41) is 3.47. The first-order valence-electron chi connectivity index (χ1n) is 6.16. The lowest BCUT2D eigenvalue weighted by Gasteiger charge is -2.47. The highest BCUT2D eigenvalue weighted by Crippen LogP contribution is 2.35. The number of azide groups is 1. The van der Waals surface area contributed by atoms with Crippen molar-refractivity contribution in [2.24, 2.45) is 5.11 Å². The maximum absolute atomic E-state index is 12.0. The summed E-state index contributed by atoms with van der Waals surface area (Å²) in [7, 11) is 0. The van der Waals surface area contributed by atoms with Crippen LogP contribution in [0.1, 0.15) is 33.6 Å². The van der Waals surface area contributed by atoms with Gasteiger partial charge in [-0.05, 0) is 39.1 Å². The Labute approximate surface area is 110 Å². The van der Waals surface area contributed by atoms with Gasteiger partial charge in [0.2, 0.25) is 5.91 Å². The molecule has 1 fully saturated rings. The van der Waals surface area contributed by atoms with Crippen LogP contribution in [0.4, 0.5) is 0 Å². The van der Waals surface area contributed by atoms with Crippen LogP contribution in [0, 0.1) is 0 Å². The minimum absolute atomic E-state index is 0.212. The fourth-order valence-electron chi connectivity index (χ4n) is 2.30. The van der Waals surface area contributed by atoms with E-state index in [0.717, 1.165) is 0 Å². The second-order valence-electron chi connectivity index (χ2n) is 5.59. The van der Waals surface area contributed by atoms with Gasteiger partial charge in [-0.25, -0.2) is 4.79 Å². The minimum atomic E-state index is -0.684. The number of hydrogen-bond acceptors (Lipinski definition) is 4. The highest BCUT2D eigenvalue weighted by Gasteiger charge is 2.51. The zero-order valence-corrected chi connectivity index (χ0v) is 11.2. The number of nitrogens with zero attached hydrogens (tertiary/aromatic N) is 4. The molecule has 0 aromatic heterocycles. The minimum Gasteiger partial charge on any atom is -0.455 e. The molecule has 0 radical (unpaired) electrons. The molecule has 2 aliphatic rings. The van der Waals surface area contributed by atoms with Gasteiger partial charge >= 0.3 is 5.97 Å². The number of amides is 1. The fraction of sp³-hybridized carbons (Fsp3) is 0.667. The van der Waals surface area contributed by atoms with Crippen molar-refractivity contribution in [2.75, 3.05) is 0 Å². The van der Waals surface area contributed by atoms with Gasteiger partial charge in [-0.3, -0.25) is 4.79 Å². The molecular formula is C12H16N4O3. The van der Waals surface area contributed by atoms with Crippen molar-refractivity contribution in [3.05, 3.63) is 22.2 Å². The van der Waals surface area contributed by atoms with Crippen molar-refractivity contribution in [3.63, 3.8) is 0 Å². The van der Waals surface area contributed by atoms with Crippen LogP contribution in [-0.4, -0.2) is 34.5 Å². The van der Waals surface area contributed by atoms with Crippen molar-refractivity contribution in [1.82, 2.24) is 4.90 Å². The molecule has 2 aliphatic heterocycles. The maximum atomic E-state index is 12.0. The number of β-lactam (4-membered cyclic amide) rings is 1. The lowest BCUT2D eigenvalue weighted by atomic mass is 9.87. The summed E-state index contributed by atoms with van der Waals surface area (Å²) in [6.07, 6.45) is 3.07. The predicted molar refractivity (Wildman–Crippen MR) is 66.7 cm³/mol. The highest BCUT2D eigenvalue weighted by molar-refractivity contribution is 6.00. The molecule has 0 aromatic carbocycles. The quantitative estimate of drug-likeness (QED) is 0.250. The normalized spacial score (nSPS) is 25.7. The number of carbonyl (C=O) groups excluding carboxylic acids is 2. The highest BCUT2D eigenvalue weighted by atomic mass is 16.6. The average Bonchev–Trinajstić information content (AvgIpc) is 2.32. The zero-order valence-electron chi connectivity index (χ0n) is 11.2. The SMILES string of the molecule is CC(C)(C)OC(=O)C1=CCC[C@@H]2[C@@H](N=[N+]=[N-])C(=O)N12. The van der Waals surface area contributed by atoms with Gasteiger partial charge in [0.25, 0.3) is 0 Å². The van der Waals surface area contributed by atoms with Gasteiger partial charge in [-0.15, -0.1) is 0 Å². The van der Waals surface area contributed by atoms with Gasteiger partial charge in [-0.2, -0.15) is 0 Å². The Bertz CT molecular complexity index is 500. The Morgan fingerprint density at radius 1 is 1.58 bits per heavy atom. The van der Waals surface area contributed by atoms with E-state index in [2.05, 4.69) is 10.0 Å². The van der Waals surface area contributed by atoms with E-state index in [-0.39, 0.29) is 17.6 Å². The molecule has 0 aliphatic carbocycles. The number of ether oxygens (including phenoxy) is 1. The molecule has 0 spiro atoms. The number of fused-ring (bicyclic) bond motifs is 1. The summed E-state index contributed by atoms with van der Waals surface area (Å²) >= 11 is 0. The molecule has 102 valence electrons. The van der Waals surface area contributed by atoms with Crippen LogP contribution in [0.15, 0.2) is 16.9 Å². The number of carbonyl (C=O) groups is 2. The van der Waals surface area contributed by atoms with Crippen molar-refractivity contribution < 1.29 is 14.3 Å². The van der Waals surface area contributed by atoms with E-state index in [1.165, 1.54) is 4.90 Å². The number of allylic oxidation sites excluding steroid dienone is 1. The standard InChI is InChI=1S/C12H16N4O3/c1-12(2,3)19-11(18)8-6-4-5-7-9(14-15-13)10(17)16(7)8/h6-7,9H,4-5H2,1-3H3/t7-,9-/m1/s1. The predicted octanol–water partition coefficient (Wildman–Crippen LogP) is 1.90. The monoisotopic (exact) mass is 264 g/mol. The third kappa shape index (κ3) is 2.42. The first-order valence-corrected chi connectivity index (χ1v) is 6.16. The Morgan fingerprint density at radius 3 is 2.84 bits per heavy atom. The summed E-state index contributed by atoms with van der Waals surface area (Å²) in [5.74, 6) is -0.843. The van der Waals surface area contributed by atoms with Crippen molar-refractivity contribution in [1.29, 1.82) is 0 Å². The molecule has 0 bridgehead atoms. The van der Waals surface area contributed by atoms with Crippen LogP contribution in [0.2, 0.25) is 0 Å². The molecule has 7 nitrogen and oxygen atoms in total. The summed E-state index contributed by atoms with van der Waals surface area (Å²) < 4.78 is 5.27. The molecule has 0 saturated carbocycles. The van der Waals surface area contributed by atoms with E-state index in [9.17, 15) is 9.59 Å². The lowest BCUT2D eigenvalue weighted by Crippen LogP contribution is -2.65. The first-order chi connectivity index (χ1) is 8.85. The molecule has 2 rings (SSSR count). The van der Waals surface area contributed by atoms with Crippen LogP contribution in [0.5, 0.6) is 0 Å². The second-order valence-corrected chi connectivity index (χ2v) is 5.59. The van der Waals surface area contributed by atoms with Crippen molar-refractivity contribution in [2.45, 2.75) is 51.3 Å². The third-order valence-electron chi connectivity index (χ3n) is 3.03. The lowest BCUT2D eigenvalue weighted by molar-refractivity contribution is -0.160. The largest absolute Gasteiger partial charge is 0.455 e. The summed E-state index contributed by atoms with van der Waals surface area (Å²) in [5.41, 5.74) is 8.08. The first kappa shape index (κ1) is 13.4. The molecule has 19 heavy (non-hydrogen) atoms. The van der Waals surface area contributed by atoms with Crippen molar-refractivity contribution in [3.8, 4) is 0 Å². The van der Waals surface area contributed by atoms with Gasteiger partial charge in [0.15, 0.2) is 0 Å². The molecule has 2 heterocycles. The van der Waals surface area contributed by atoms with Gasteiger partial charge in [0.1, 0.15) is 17.3 Å². The molecule has 2 atom stereocenters. The van der Waals surface area contributed by atoms with Gasteiger partial charge in [-0.1, -0.05) is 11.2 Å². The molecule has 1 amide bonds. The van der Waals surface area contributed by atoms with E-state index < -0.39 is 17.6 Å². The van der Waals surface area contributed by atoms with Gasteiger partial charge in [0.05, 0.1) is 6.04 Å². The van der Waals surface area contributed by atoms with E-state index in [1.54, 1.807) is 26.8 Å². The molecule has 0 N–H and O–H groups in total. The van der Waals surface area contributed by atoms with Crippen LogP contribution >= 0.6 is 0 Å². The summed E-state index contributed by atoms with van der Waals surface area (Å²) in [6.45, 7) is 5.31. The van der Waals surface area contributed by atoms with Crippen LogP contribution in [0.3, 0.4) is 0 Å². The zero-order chi connectivity index (χ0) is 14.2. The van der Waals surface area contributed by atoms with Crippen LogP contribution in [-0.2, 0) is 14.3 Å². The Morgan fingerprint density at radius 2 is 2.26 bits per heavy atom. The maximum Gasteiger partial charge on any atom is 0.355 e. The number of hydrogen-bond donors (Lipinski definition) is 0. The molecular weight excluding hydrogens is 248 g/mol. The van der Waals surface area contributed by atoms with E-state index in [0.29, 0.717) is 12.8 Å². The van der Waals surface area contributed by atoms with Gasteiger partial charge in [0, 0.05) is 4.91 Å². The average molecular weight is 264 g/mol. The van der Waals surface area contributed by atoms with E-state index in [1.807, 2.05) is 0 Å². The summed E-state index contributed by atoms with van der Waals surface area (Å²) in [6, 6.07) is -0.896. The molecule has 0 aromatic rings. The molecule has 1 saturated heterocycles. The molecule has 7 heteroatoms. The smallest absolute Gasteiger partial charge is 0.355 e.